The topological polar surface area (TPSA) is 104 Å². The summed E-state index contributed by atoms with van der Waals surface area (Å²) in [4.78, 5) is 36.9. The molecule has 2 rings (SSSR count). The number of nitriles is 1. The average molecular weight is 437 g/mol. The van der Waals surface area contributed by atoms with Gasteiger partial charge in [-0.2, -0.15) is 5.26 Å². The van der Waals surface area contributed by atoms with Crippen LogP contribution in [-0.4, -0.2) is 29.0 Å². The van der Waals surface area contributed by atoms with Gasteiger partial charge in [-0.15, -0.1) is 0 Å². The summed E-state index contributed by atoms with van der Waals surface area (Å²) in [5, 5.41) is 15.2. The molecule has 1 unspecified atom stereocenters. The average Bonchev–Trinajstić information content (AvgIpc) is 3.48. The van der Waals surface area contributed by atoms with E-state index in [4.69, 9.17) is 0 Å². The molecule has 1 saturated carbocycles. The minimum Gasteiger partial charge on any atom is -0.350 e. The van der Waals surface area contributed by atoms with Crippen molar-refractivity contribution in [1.29, 1.82) is 5.26 Å². The van der Waals surface area contributed by atoms with Gasteiger partial charge < -0.3 is 15.2 Å². The lowest BCUT2D eigenvalue weighted by Gasteiger charge is -2.27. The van der Waals surface area contributed by atoms with Gasteiger partial charge in [-0.3, -0.25) is 14.4 Å². The number of hydrogen-bond acceptors (Lipinski definition) is 4. The summed E-state index contributed by atoms with van der Waals surface area (Å²) in [5.41, 5.74) is -1.06. The Balaban J connectivity index is 2.06. The molecule has 1 aromatic heterocycles. The van der Waals surface area contributed by atoms with Gasteiger partial charge in [0.05, 0.1) is 11.6 Å². The lowest BCUT2D eigenvalue weighted by atomic mass is 9.82. The van der Waals surface area contributed by atoms with Crippen LogP contribution in [0.2, 0.25) is 0 Å². The fourth-order valence-electron chi connectivity index (χ4n) is 2.99. The van der Waals surface area contributed by atoms with E-state index in [0.717, 1.165) is 12.8 Å². The van der Waals surface area contributed by atoms with E-state index in [1.807, 2.05) is 13.8 Å². The van der Waals surface area contributed by atoms with E-state index in [1.165, 1.54) is 10.6 Å². The van der Waals surface area contributed by atoms with Gasteiger partial charge >= 0.3 is 0 Å². The third kappa shape index (κ3) is 4.78. The van der Waals surface area contributed by atoms with Crippen molar-refractivity contribution in [2.45, 2.75) is 45.6 Å². The highest BCUT2D eigenvalue weighted by atomic mass is 79.9. The summed E-state index contributed by atoms with van der Waals surface area (Å²) >= 11 is 3.30. The molecule has 0 bridgehead atoms. The van der Waals surface area contributed by atoms with Crippen molar-refractivity contribution in [1.82, 2.24) is 15.2 Å². The van der Waals surface area contributed by atoms with Crippen LogP contribution in [0.4, 0.5) is 0 Å². The second kappa shape index (κ2) is 8.70. The second-order valence-corrected chi connectivity index (χ2v) is 7.87. The first-order valence-electron chi connectivity index (χ1n) is 9.14. The van der Waals surface area contributed by atoms with Crippen LogP contribution in [-0.2, 0) is 11.8 Å². The van der Waals surface area contributed by atoms with Gasteiger partial charge in [0.1, 0.15) is 5.41 Å². The SMILES string of the molecule is CCC(C#N)(CC)C(=O)NC(CNC(=O)c1cc(=O)n(C)cc1Br)C1CC1. The van der Waals surface area contributed by atoms with Gasteiger partial charge in [0.2, 0.25) is 5.91 Å². The van der Waals surface area contributed by atoms with Crippen molar-refractivity contribution < 1.29 is 9.59 Å². The molecule has 146 valence electrons. The number of halogens is 1. The Hall–Kier alpha value is -2.14. The molecule has 1 atom stereocenters. The number of nitrogens with one attached hydrogen (secondary N) is 2. The standard InChI is InChI=1S/C19H25BrN4O3/c1-4-19(5-2,11-21)18(27)23-15(12-6-7-12)9-22-17(26)13-8-16(25)24(3)10-14(13)20/h8,10,12,15H,4-7,9H2,1-3H3,(H,22,26)(H,23,27). The fourth-order valence-corrected chi connectivity index (χ4v) is 3.59. The minimum absolute atomic E-state index is 0.224. The number of aromatic nitrogens is 1. The van der Waals surface area contributed by atoms with Gasteiger partial charge in [-0.25, -0.2) is 0 Å². The Kier molecular flexibility index (Phi) is 6.82. The largest absolute Gasteiger partial charge is 0.350 e. The third-order valence-electron chi connectivity index (χ3n) is 5.27. The van der Waals surface area contributed by atoms with Crippen LogP contribution in [0, 0.1) is 22.7 Å². The third-order valence-corrected chi connectivity index (χ3v) is 5.90. The van der Waals surface area contributed by atoms with E-state index in [2.05, 4.69) is 32.6 Å². The zero-order chi connectivity index (χ0) is 20.2. The maximum atomic E-state index is 12.7. The molecule has 0 aromatic carbocycles. The van der Waals surface area contributed by atoms with Crippen molar-refractivity contribution in [2.75, 3.05) is 6.54 Å². The van der Waals surface area contributed by atoms with Gasteiger partial charge in [0.25, 0.3) is 11.5 Å². The summed E-state index contributed by atoms with van der Waals surface area (Å²) in [5.74, 6) is -0.362. The molecular formula is C19H25BrN4O3. The Labute approximate surface area is 167 Å². The first kappa shape index (κ1) is 21.2. The molecule has 2 N–H and O–H groups in total. The normalized spacial score (nSPS) is 14.9. The molecule has 1 fully saturated rings. The molecule has 1 heterocycles. The van der Waals surface area contributed by atoms with Crippen molar-refractivity contribution in [3.8, 4) is 6.07 Å². The molecule has 0 radical (unpaired) electrons. The highest BCUT2D eigenvalue weighted by Gasteiger charge is 2.39. The molecule has 0 saturated heterocycles. The molecule has 1 aromatic rings. The smallest absolute Gasteiger partial charge is 0.252 e. The molecule has 27 heavy (non-hydrogen) atoms. The number of carbonyl (C=O) groups excluding carboxylic acids is 2. The van der Waals surface area contributed by atoms with Crippen LogP contribution >= 0.6 is 15.9 Å². The number of pyridine rings is 1. The zero-order valence-corrected chi connectivity index (χ0v) is 17.4. The van der Waals surface area contributed by atoms with Gasteiger partial charge in [-0.05, 0) is 47.5 Å². The number of amides is 2. The molecule has 0 aliphatic heterocycles. The summed E-state index contributed by atoms with van der Waals surface area (Å²) in [6.45, 7) is 3.91. The minimum atomic E-state index is -1.04. The van der Waals surface area contributed by atoms with Gasteiger partial charge in [-0.1, -0.05) is 13.8 Å². The van der Waals surface area contributed by atoms with E-state index in [1.54, 1.807) is 13.2 Å². The van der Waals surface area contributed by atoms with Crippen LogP contribution in [0.25, 0.3) is 0 Å². The molecule has 1 aliphatic carbocycles. The van der Waals surface area contributed by atoms with Gasteiger partial charge in [0, 0.05) is 36.4 Å². The van der Waals surface area contributed by atoms with Crippen LogP contribution in [0.5, 0.6) is 0 Å². The highest BCUT2D eigenvalue weighted by molar-refractivity contribution is 9.10. The van der Waals surface area contributed by atoms with Gasteiger partial charge in [0.15, 0.2) is 0 Å². The molecule has 2 amide bonds. The Bertz CT molecular complexity index is 819. The Morgan fingerprint density at radius 2 is 2.04 bits per heavy atom. The first-order chi connectivity index (χ1) is 12.8. The lowest BCUT2D eigenvalue weighted by molar-refractivity contribution is -0.129. The predicted octanol–water partition coefficient (Wildman–Crippen LogP) is 2.10. The van der Waals surface area contributed by atoms with Crippen LogP contribution < -0.4 is 16.2 Å². The molecule has 1 aliphatic rings. The fraction of sp³-hybridized carbons (Fsp3) is 0.579. The van der Waals surface area contributed by atoms with E-state index >= 15 is 0 Å². The zero-order valence-electron chi connectivity index (χ0n) is 15.8. The van der Waals surface area contributed by atoms with Crippen molar-refractivity contribution in [2.24, 2.45) is 18.4 Å². The van der Waals surface area contributed by atoms with E-state index in [0.29, 0.717) is 23.2 Å². The quantitative estimate of drug-likeness (QED) is 0.650. The number of aryl methyl sites for hydroxylation is 1. The second-order valence-electron chi connectivity index (χ2n) is 7.01. The van der Waals surface area contributed by atoms with Crippen LogP contribution in [0.1, 0.15) is 49.9 Å². The monoisotopic (exact) mass is 436 g/mol. The number of rotatable bonds is 8. The number of hydrogen-bond donors (Lipinski definition) is 2. The molecule has 0 spiro atoms. The van der Waals surface area contributed by atoms with Crippen LogP contribution in [0.3, 0.4) is 0 Å². The van der Waals surface area contributed by atoms with E-state index in [-0.39, 0.29) is 35.5 Å². The van der Waals surface area contributed by atoms with Crippen LogP contribution in [0.15, 0.2) is 21.5 Å². The summed E-state index contributed by atoms with van der Waals surface area (Å²) in [6.07, 6.45) is 4.38. The maximum absolute atomic E-state index is 12.7. The van der Waals surface area contributed by atoms with E-state index < -0.39 is 5.41 Å². The molecule has 8 heteroatoms. The van der Waals surface area contributed by atoms with E-state index in [9.17, 15) is 19.6 Å². The predicted molar refractivity (Wildman–Crippen MR) is 105 cm³/mol. The summed E-state index contributed by atoms with van der Waals surface area (Å²) < 4.78 is 1.90. The highest BCUT2D eigenvalue weighted by Crippen LogP contribution is 2.34. The lowest BCUT2D eigenvalue weighted by Crippen LogP contribution is -2.50. The Morgan fingerprint density at radius 1 is 1.41 bits per heavy atom. The van der Waals surface area contributed by atoms with Crippen molar-refractivity contribution >= 4 is 27.7 Å². The van der Waals surface area contributed by atoms with Crippen molar-refractivity contribution in [3.05, 3.63) is 32.7 Å². The summed E-state index contributed by atoms with van der Waals surface area (Å²) in [6, 6.07) is 3.20. The van der Waals surface area contributed by atoms with Crippen molar-refractivity contribution in [3.63, 3.8) is 0 Å². The number of carbonyl (C=O) groups is 2. The molecular weight excluding hydrogens is 412 g/mol. The first-order valence-corrected chi connectivity index (χ1v) is 9.93. The maximum Gasteiger partial charge on any atom is 0.252 e. The summed E-state index contributed by atoms with van der Waals surface area (Å²) in [7, 11) is 1.61. The Morgan fingerprint density at radius 3 is 2.56 bits per heavy atom. The molecule has 7 nitrogen and oxygen atoms in total. The number of nitrogens with zero attached hydrogens (tertiary/aromatic N) is 2.